The molecule has 5 nitrogen and oxygen atoms in total. The van der Waals surface area contributed by atoms with E-state index in [1.54, 1.807) is 0 Å². The molecule has 21 heavy (non-hydrogen) atoms. The summed E-state index contributed by atoms with van der Waals surface area (Å²) >= 11 is 0. The van der Waals surface area contributed by atoms with Crippen molar-refractivity contribution < 1.29 is 8.91 Å². The molecular weight excluding hydrogens is 271 g/mol. The number of aromatic nitrogens is 2. The number of nitrogens with one attached hydrogen (secondary N) is 1. The molecule has 3 rings (SSSR count). The highest BCUT2D eigenvalue weighted by molar-refractivity contribution is 5.54. The lowest BCUT2D eigenvalue weighted by atomic mass is 10.1. The summed E-state index contributed by atoms with van der Waals surface area (Å²) in [6.45, 7) is 1.24. The second-order valence-electron chi connectivity index (χ2n) is 5.68. The standard InChI is InChI=1S/C15H19FN4O/c1-20(2)9-10-3-5-11(6-4-10)14-18-15(21-19-14)13-7-12(16)8-17-13/h3-6,12-13,17H,7-9H2,1-2H3/t12-,13+/m0/s1. The normalized spacial score (nSPS) is 22.1. The zero-order valence-corrected chi connectivity index (χ0v) is 12.2. The molecule has 1 N–H and O–H groups in total. The van der Waals surface area contributed by atoms with Crippen LogP contribution in [0.25, 0.3) is 11.4 Å². The Morgan fingerprint density at radius 2 is 2.10 bits per heavy atom. The monoisotopic (exact) mass is 290 g/mol. The second-order valence-corrected chi connectivity index (χ2v) is 5.68. The Hall–Kier alpha value is -1.79. The lowest BCUT2D eigenvalue weighted by molar-refractivity contribution is 0.324. The Morgan fingerprint density at radius 3 is 2.71 bits per heavy atom. The fourth-order valence-electron chi connectivity index (χ4n) is 2.50. The van der Waals surface area contributed by atoms with Crippen molar-refractivity contribution in [3.63, 3.8) is 0 Å². The van der Waals surface area contributed by atoms with Gasteiger partial charge in [-0.05, 0) is 19.7 Å². The topological polar surface area (TPSA) is 54.2 Å². The molecule has 0 radical (unpaired) electrons. The third-order valence-electron chi connectivity index (χ3n) is 3.53. The summed E-state index contributed by atoms with van der Waals surface area (Å²) in [6.07, 6.45) is -0.445. The van der Waals surface area contributed by atoms with Crippen LogP contribution in [0.4, 0.5) is 4.39 Å². The van der Waals surface area contributed by atoms with Crippen LogP contribution >= 0.6 is 0 Å². The number of benzene rings is 1. The second kappa shape index (κ2) is 5.91. The highest BCUT2D eigenvalue weighted by atomic mass is 19.1. The molecule has 0 unspecified atom stereocenters. The molecule has 1 aliphatic heterocycles. The Morgan fingerprint density at radius 1 is 1.33 bits per heavy atom. The molecular formula is C15H19FN4O. The molecule has 2 aromatic rings. The quantitative estimate of drug-likeness (QED) is 0.935. The van der Waals surface area contributed by atoms with Gasteiger partial charge in [0.25, 0.3) is 0 Å². The average Bonchev–Trinajstić information content (AvgIpc) is 3.07. The Labute approximate surface area is 123 Å². The van der Waals surface area contributed by atoms with E-state index < -0.39 is 6.17 Å². The number of hydrogen-bond acceptors (Lipinski definition) is 5. The summed E-state index contributed by atoms with van der Waals surface area (Å²) in [7, 11) is 4.07. The van der Waals surface area contributed by atoms with Gasteiger partial charge in [-0.25, -0.2) is 4.39 Å². The van der Waals surface area contributed by atoms with Crippen molar-refractivity contribution in [3.05, 3.63) is 35.7 Å². The van der Waals surface area contributed by atoms with Gasteiger partial charge in [0.05, 0.1) is 6.04 Å². The number of rotatable bonds is 4. The molecule has 1 aromatic heterocycles. The SMILES string of the molecule is CN(C)Cc1ccc(-c2noc([C@H]3C[C@H](F)CN3)n2)cc1. The summed E-state index contributed by atoms with van der Waals surface area (Å²) in [5, 5.41) is 7.03. The van der Waals surface area contributed by atoms with Crippen molar-refractivity contribution in [2.75, 3.05) is 20.6 Å². The van der Waals surface area contributed by atoms with Crippen LogP contribution in [0.1, 0.15) is 23.9 Å². The third-order valence-corrected chi connectivity index (χ3v) is 3.53. The van der Waals surface area contributed by atoms with E-state index in [0.717, 1.165) is 12.1 Å². The largest absolute Gasteiger partial charge is 0.337 e. The van der Waals surface area contributed by atoms with Crippen LogP contribution in [-0.2, 0) is 6.54 Å². The minimum atomic E-state index is -0.837. The molecule has 0 bridgehead atoms. The molecule has 1 saturated heterocycles. The Balaban J connectivity index is 1.73. The Kier molecular flexibility index (Phi) is 3.98. The van der Waals surface area contributed by atoms with Gasteiger partial charge >= 0.3 is 0 Å². The predicted molar refractivity (Wildman–Crippen MR) is 77.4 cm³/mol. The van der Waals surface area contributed by atoms with Crippen LogP contribution in [-0.4, -0.2) is 41.9 Å². The first-order valence-corrected chi connectivity index (χ1v) is 7.07. The molecule has 112 valence electrons. The highest BCUT2D eigenvalue weighted by Gasteiger charge is 2.29. The average molecular weight is 290 g/mol. The van der Waals surface area contributed by atoms with Gasteiger partial charge in [0.1, 0.15) is 6.17 Å². The maximum Gasteiger partial charge on any atom is 0.244 e. The van der Waals surface area contributed by atoms with Gasteiger partial charge in [-0.1, -0.05) is 29.4 Å². The van der Waals surface area contributed by atoms with Crippen molar-refractivity contribution >= 4 is 0 Å². The maximum atomic E-state index is 13.2. The first-order chi connectivity index (χ1) is 10.1. The van der Waals surface area contributed by atoms with Crippen LogP contribution < -0.4 is 5.32 Å². The van der Waals surface area contributed by atoms with Gasteiger partial charge in [-0.3, -0.25) is 0 Å². The van der Waals surface area contributed by atoms with E-state index in [2.05, 4.69) is 32.5 Å². The van der Waals surface area contributed by atoms with Crippen molar-refractivity contribution in [2.45, 2.75) is 25.2 Å². The predicted octanol–water partition coefficient (Wildman–Crippen LogP) is 2.17. The van der Waals surface area contributed by atoms with Crippen molar-refractivity contribution in [1.82, 2.24) is 20.4 Å². The van der Waals surface area contributed by atoms with E-state index in [1.807, 2.05) is 26.2 Å². The minimum Gasteiger partial charge on any atom is -0.337 e. The van der Waals surface area contributed by atoms with Gasteiger partial charge in [0.15, 0.2) is 0 Å². The van der Waals surface area contributed by atoms with Crippen LogP contribution in [0, 0.1) is 0 Å². The smallest absolute Gasteiger partial charge is 0.244 e. The zero-order valence-electron chi connectivity index (χ0n) is 12.2. The molecule has 0 spiro atoms. The number of nitrogens with zero attached hydrogens (tertiary/aromatic N) is 3. The molecule has 1 fully saturated rings. The van der Waals surface area contributed by atoms with Gasteiger partial charge < -0.3 is 14.7 Å². The van der Waals surface area contributed by atoms with Crippen molar-refractivity contribution in [1.29, 1.82) is 0 Å². The van der Waals surface area contributed by atoms with Crippen LogP contribution in [0.3, 0.4) is 0 Å². The van der Waals surface area contributed by atoms with Crippen LogP contribution in [0.5, 0.6) is 0 Å². The third kappa shape index (κ3) is 3.28. The van der Waals surface area contributed by atoms with Gasteiger partial charge in [0.2, 0.25) is 11.7 Å². The summed E-state index contributed by atoms with van der Waals surface area (Å²) in [5.41, 5.74) is 2.13. The molecule has 6 heteroatoms. The molecule has 2 heterocycles. The lowest BCUT2D eigenvalue weighted by Crippen LogP contribution is -2.14. The van der Waals surface area contributed by atoms with Gasteiger partial charge in [-0.15, -0.1) is 0 Å². The molecule has 1 aliphatic rings. The van der Waals surface area contributed by atoms with E-state index in [9.17, 15) is 4.39 Å². The first-order valence-electron chi connectivity index (χ1n) is 7.07. The molecule has 2 atom stereocenters. The first kappa shape index (κ1) is 14.2. The zero-order chi connectivity index (χ0) is 14.8. The molecule has 1 aromatic carbocycles. The number of halogens is 1. The van der Waals surface area contributed by atoms with Crippen molar-refractivity contribution in [3.8, 4) is 11.4 Å². The summed E-state index contributed by atoms with van der Waals surface area (Å²) < 4.78 is 18.4. The number of alkyl halides is 1. The van der Waals surface area contributed by atoms with Gasteiger partial charge in [-0.2, -0.15) is 4.98 Å². The summed E-state index contributed by atoms with van der Waals surface area (Å²) in [4.78, 5) is 6.48. The van der Waals surface area contributed by atoms with E-state index in [4.69, 9.17) is 4.52 Å². The molecule has 0 amide bonds. The van der Waals surface area contributed by atoms with Crippen LogP contribution in [0.2, 0.25) is 0 Å². The highest BCUT2D eigenvalue weighted by Crippen LogP contribution is 2.26. The van der Waals surface area contributed by atoms with E-state index in [-0.39, 0.29) is 6.04 Å². The van der Waals surface area contributed by atoms with E-state index in [0.29, 0.717) is 24.7 Å². The fraction of sp³-hybridized carbons (Fsp3) is 0.467. The van der Waals surface area contributed by atoms with Crippen LogP contribution in [0.15, 0.2) is 28.8 Å². The molecule has 0 saturated carbocycles. The van der Waals surface area contributed by atoms with Gasteiger partial charge in [0, 0.05) is 25.1 Å². The molecule has 0 aliphatic carbocycles. The lowest BCUT2D eigenvalue weighted by Gasteiger charge is -2.09. The van der Waals surface area contributed by atoms with E-state index in [1.165, 1.54) is 5.56 Å². The maximum absolute atomic E-state index is 13.2. The fourth-order valence-corrected chi connectivity index (χ4v) is 2.50. The number of hydrogen-bond donors (Lipinski definition) is 1. The Bertz CT molecular complexity index is 596. The van der Waals surface area contributed by atoms with Crippen molar-refractivity contribution in [2.24, 2.45) is 0 Å². The van der Waals surface area contributed by atoms with E-state index >= 15 is 0 Å². The minimum absolute atomic E-state index is 0.172. The summed E-state index contributed by atoms with van der Waals surface area (Å²) in [5.74, 6) is 1.01. The summed E-state index contributed by atoms with van der Waals surface area (Å²) in [6, 6.07) is 7.89.